The number of carbonyl (C=O) groups is 2. The molecule has 0 aliphatic carbocycles. The second kappa shape index (κ2) is 6.10. The average Bonchev–Trinajstić information content (AvgIpc) is 3.10. The number of pyridine rings is 1. The summed E-state index contributed by atoms with van der Waals surface area (Å²) in [6, 6.07) is 12.1. The van der Waals surface area contributed by atoms with Crippen molar-refractivity contribution < 1.29 is 9.59 Å². The highest BCUT2D eigenvalue weighted by molar-refractivity contribution is 6.03. The zero-order chi connectivity index (χ0) is 16.2. The fourth-order valence-corrected chi connectivity index (χ4v) is 2.02. The van der Waals surface area contributed by atoms with Crippen LogP contribution in [-0.4, -0.2) is 27.0 Å². The quantitative estimate of drug-likeness (QED) is 0.682. The molecule has 0 fully saturated rings. The van der Waals surface area contributed by atoms with Crippen molar-refractivity contribution >= 4 is 17.5 Å². The van der Waals surface area contributed by atoms with E-state index < -0.39 is 5.91 Å². The number of benzene rings is 1. The lowest BCUT2D eigenvalue weighted by atomic mass is 10.1. The monoisotopic (exact) mass is 307 g/mol. The van der Waals surface area contributed by atoms with Crippen molar-refractivity contribution in [3.05, 3.63) is 66.1 Å². The van der Waals surface area contributed by atoms with E-state index >= 15 is 0 Å². The van der Waals surface area contributed by atoms with Gasteiger partial charge in [0.05, 0.1) is 11.3 Å². The van der Waals surface area contributed by atoms with Gasteiger partial charge in [0, 0.05) is 18.1 Å². The van der Waals surface area contributed by atoms with Crippen molar-refractivity contribution in [3.8, 4) is 11.3 Å². The normalized spacial score (nSPS) is 10.3. The van der Waals surface area contributed by atoms with Gasteiger partial charge in [-0.2, -0.15) is 5.10 Å². The van der Waals surface area contributed by atoms with E-state index in [0.717, 1.165) is 11.3 Å². The van der Waals surface area contributed by atoms with Gasteiger partial charge in [-0.15, -0.1) is 0 Å². The molecule has 0 atom stereocenters. The van der Waals surface area contributed by atoms with Crippen LogP contribution in [0.1, 0.15) is 20.8 Å². The number of aromatic nitrogens is 3. The first-order valence-corrected chi connectivity index (χ1v) is 6.80. The van der Waals surface area contributed by atoms with Crippen molar-refractivity contribution in [3.63, 3.8) is 0 Å². The molecule has 3 aromatic rings. The Morgan fingerprint density at radius 3 is 2.39 bits per heavy atom. The molecule has 0 radical (unpaired) electrons. The van der Waals surface area contributed by atoms with Crippen molar-refractivity contribution in [2.24, 2.45) is 5.73 Å². The number of nitrogens with two attached hydrogens (primary N) is 1. The largest absolute Gasteiger partial charge is 0.366 e. The smallest absolute Gasteiger partial charge is 0.274 e. The number of primary amides is 1. The fourth-order valence-electron chi connectivity index (χ4n) is 2.02. The molecule has 1 aromatic carbocycles. The summed E-state index contributed by atoms with van der Waals surface area (Å²) in [4.78, 5) is 27.0. The molecular formula is C16H13N5O2. The highest BCUT2D eigenvalue weighted by Gasteiger charge is 2.09. The first-order valence-electron chi connectivity index (χ1n) is 6.80. The van der Waals surface area contributed by atoms with Crippen LogP contribution in [0.25, 0.3) is 11.3 Å². The molecule has 2 amide bonds. The van der Waals surface area contributed by atoms with Crippen LogP contribution in [-0.2, 0) is 0 Å². The molecule has 0 unspecified atom stereocenters. The van der Waals surface area contributed by atoms with Gasteiger partial charge in [-0.1, -0.05) is 12.1 Å². The summed E-state index contributed by atoms with van der Waals surface area (Å²) in [5, 5.41) is 9.50. The molecule has 0 bridgehead atoms. The van der Waals surface area contributed by atoms with Gasteiger partial charge in [-0.05, 0) is 35.9 Å². The molecule has 0 spiro atoms. The summed E-state index contributed by atoms with van der Waals surface area (Å²) < 4.78 is 0. The van der Waals surface area contributed by atoms with E-state index in [0.29, 0.717) is 5.69 Å². The van der Waals surface area contributed by atoms with Gasteiger partial charge in [-0.3, -0.25) is 19.7 Å². The maximum absolute atomic E-state index is 12.1. The summed E-state index contributed by atoms with van der Waals surface area (Å²) in [5.74, 6) is -0.950. The van der Waals surface area contributed by atoms with Crippen molar-refractivity contribution in [1.29, 1.82) is 0 Å². The number of amides is 2. The minimum atomic E-state index is -0.584. The van der Waals surface area contributed by atoms with Crippen LogP contribution in [0, 0.1) is 0 Å². The maximum Gasteiger partial charge on any atom is 0.274 e. The van der Waals surface area contributed by atoms with E-state index in [4.69, 9.17) is 5.73 Å². The van der Waals surface area contributed by atoms with Gasteiger partial charge < -0.3 is 11.1 Å². The topological polar surface area (TPSA) is 114 Å². The molecule has 3 rings (SSSR count). The average molecular weight is 307 g/mol. The molecule has 7 nitrogen and oxygen atoms in total. The highest BCUT2D eigenvalue weighted by atomic mass is 16.2. The molecule has 0 saturated carbocycles. The first-order chi connectivity index (χ1) is 11.1. The lowest BCUT2D eigenvalue weighted by molar-refractivity contribution is 0.0993. The van der Waals surface area contributed by atoms with Gasteiger partial charge >= 0.3 is 0 Å². The number of H-pyrrole nitrogens is 1. The minimum absolute atomic E-state index is 0.202. The van der Waals surface area contributed by atoms with Crippen LogP contribution >= 0.6 is 0 Å². The van der Waals surface area contributed by atoms with Crippen molar-refractivity contribution in [2.75, 3.05) is 5.32 Å². The number of hydrogen-bond acceptors (Lipinski definition) is 4. The highest BCUT2D eigenvalue weighted by Crippen LogP contribution is 2.19. The third kappa shape index (κ3) is 3.24. The van der Waals surface area contributed by atoms with Crippen LogP contribution in [0.2, 0.25) is 0 Å². The van der Waals surface area contributed by atoms with E-state index in [-0.39, 0.29) is 17.2 Å². The maximum atomic E-state index is 12.1. The fraction of sp³-hybridized carbons (Fsp3) is 0. The first kappa shape index (κ1) is 14.5. The summed E-state index contributed by atoms with van der Waals surface area (Å²) in [7, 11) is 0. The van der Waals surface area contributed by atoms with E-state index in [9.17, 15) is 9.59 Å². The molecular weight excluding hydrogens is 294 g/mol. The van der Waals surface area contributed by atoms with Crippen LogP contribution in [0.4, 0.5) is 5.69 Å². The second-order valence-electron chi connectivity index (χ2n) is 4.80. The Bertz CT molecular complexity index is 824. The number of hydrogen-bond donors (Lipinski definition) is 3. The molecule has 114 valence electrons. The zero-order valence-electron chi connectivity index (χ0n) is 12.0. The van der Waals surface area contributed by atoms with Crippen LogP contribution < -0.4 is 11.1 Å². The van der Waals surface area contributed by atoms with E-state index in [1.54, 1.807) is 18.3 Å². The Labute approximate surface area is 131 Å². The van der Waals surface area contributed by atoms with Gasteiger partial charge in [-0.25, -0.2) is 0 Å². The van der Waals surface area contributed by atoms with E-state index in [1.807, 2.05) is 18.2 Å². The summed E-state index contributed by atoms with van der Waals surface area (Å²) in [6.07, 6.45) is 2.95. The van der Waals surface area contributed by atoms with Gasteiger partial charge in [0.1, 0.15) is 5.69 Å². The Kier molecular flexibility index (Phi) is 3.84. The zero-order valence-corrected chi connectivity index (χ0v) is 12.0. The molecule has 0 aliphatic heterocycles. The van der Waals surface area contributed by atoms with E-state index in [1.165, 1.54) is 18.3 Å². The van der Waals surface area contributed by atoms with Gasteiger partial charge in [0.15, 0.2) is 0 Å². The number of carbonyl (C=O) groups excluding carboxylic acids is 2. The predicted octanol–water partition coefficient (Wildman–Crippen LogP) is 1.82. The van der Waals surface area contributed by atoms with Crippen LogP contribution in [0.15, 0.2) is 54.9 Å². The Hall–Kier alpha value is -3.48. The Balaban J connectivity index is 1.71. The summed E-state index contributed by atoms with van der Waals surface area (Å²) >= 11 is 0. The lowest BCUT2D eigenvalue weighted by Crippen LogP contribution is -2.15. The Morgan fingerprint density at radius 2 is 1.83 bits per heavy atom. The van der Waals surface area contributed by atoms with Crippen LogP contribution in [0.3, 0.4) is 0 Å². The van der Waals surface area contributed by atoms with E-state index in [2.05, 4.69) is 20.5 Å². The molecule has 23 heavy (non-hydrogen) atoms. The SMILES string of the molecule is NC(=O)c1ccc(C(=O)Nc2ccc(-c3ccn[nH]3)cc2)nc1. The molecule has 4 N–H and O–H groups in total. The summed E-state index contributed by atoms with van der Waals surface area (Å²) in [6.45, 7) is 0. The molecule has 0 aliphatic rings. The number of rotatable bonds is 4. The number of nitrogens with one attached hydrogen (secondary N) is 2. The Morgan fingerprint density at radius 1 is 1.04 bits per heavy atom. The number of anilines is 1. The van der Waals surface area contributed by atoms with Gasteiger partial charge in [0.2, 0.25) is 5.91 Å². The summed E-state index contributed by atoms with van der Waals surface area (Å²) in [5.41, 5.74) is 8.08. The molecule has 2 heterocycles. The minimum Gasteiger partial charge on any atom is -0.366 e. The lowest BCUT2D eigenvalue weighted by Gasteiger charge is -2.06. The van der Waals surface area contributed by atoms with Crippen LogP contribution in [0.5, 0.6) is 0 Å². The standard InChI is InChI=1S/C16H13N5O2/c17-15(22)11-3-6-14(18-9-11)16(23)20-12-4-1-10(2-5-12)13-7-8-19-21-13/h1-9H,(H2,17,22)(H,19,21)(H,20,23). The van der Waals surface area contributed by atoms with Gasteiger partial charge in [0.25, 0.3) is 5.91 Å². The molecule has 0 saturated heterocycles. The third-order valence-corrected chi connectivity index (χ3v) is 3.24. The number of aromatic amines is 1. The van der Waals surface area contributed by atoms with Crippen molar-refractivity contribution in [2.45, 2.75) is 0 Å². The molecule has 7 heteroatoms. The molecule has 2 aromatic heterocycles. The predicted molar refractivity (Wildman–Crippen MR) is 84.7 cm³/mol. The third-order valence-electron chi connectivity index (χ3n) is 3.24. The van der Waals surface area contributed by atoms with Crippen molar-refractivity contribution in [1.82, 2.24) is 15.2 Å². The second-order valence-corrected chi connectivity index (χ2v) is 4.80. The number of nitrogens with zero attached hydrogens (tertiary/aromatic N) is 2.